The third-order valence-electron chi connectivity index (χ3n) is 5.94. The summed E-state index contributed by atoms with van der Waals surface area (Å²) in [5, 5.41) is 0. The number of likely N-dealkylation sites (tertiary alicyclic amines) is 1. The molecule has 0 unspecified atom stereocenters. The van der Waals surface area contributed by atoms with E-state index >= 15 is 0 Å². The fourth-order valence-corrected chi connectivity index (χ4v) is 4.06. The lowest BCUT2D eigenvalue weighted by Gasteiger charge is -2.40. The maximum atomic E-state index is 14.2. The molecule has 0 radical (unpaired) electrons. The van der Waals surface area contributed by atoms with Crippen LogP contribution >= 0.6 is 0 Å². The van der Waals surface area contributed by atoms with E-state index in [0.717, 1.165) is 30.7 Å². The predicted octanol–water partition coefficient (Wildman–Crippen LogP) is 5.16. The summed E-state index contributed by atoms with van der Waals surface area (Å²) in [5.74, 6) is -2.84. The fraction of sp³-hybridized carbons (Fsp3) is 0.333. The minimum atomic E-state index is -4.52. The number of halogens is 5. The van der Waals surface area contributed by atoms with Crippen LogP contribution in [0, 0.1) is 17.6 Å². The Hall–Kier alpha value is -3.63. The number of rotatable bonds is 5. The highest BCUT2D eigenvalue weighted by Crippen LogP contribution is 2.31. The number of alkyl halides is 3. The van der Waals surface area contributed by atoms with Crippen LogP contribution in [-0.4, -0.2) is 45.0 Å². The first-order valence-electron chi connectivity index (χ1n) is 10.9. The topological polar surface area (TPSA) is 68.2 Å². The number of piperidine rings is 1. The fourth-order valence-electron chi connectivity index (χ4n) is 4.06. The van der Waals surface area contributed by atoms with E-state index in [2.05, 4.69) is 15.0 Å². The summed E-state index contributed by atoms with van der Waals surface area (Å²) in [6.45, 7) is 2.22. The van der Waals surface area contributed by atoms with Gasteiger partial charge in [-0.3, -0.25) is 4.79 Å². The van der Waals surface area contributed by atoms with Crippen LogP contribution in [0.2, 0.25) is 0 Å². The van der Waals surface area contributed by atoms with E-state index in [4.69, 9.17) is 4.74 Å². The maximum Gasteiger partial charge on any atom is 0.417 e. The van der Waals surface area contributed by atoms with Gasteiger partial charge < -0.3 is 9.64 Å². The van der Waals surface area contributed by atoms with Crippen molar-refractivity contribution >= 4 is 5.91 Å². The number of aromatic nitrogens is 3. The molecule has 11 heteroatoms. The van der Waals surface area contributed by atoms with E-state index in [1.165, 1.54) is 17.3 Å². The number of benzene rings is 1. The van der Waals surface area contributed by atoms with Crippen molar-refractivity contribution < 1.29 is 31.5 Å². The van der Waals surface area contributed by atoms with Gasteiger partial charge in [-0.1, -0.05) is 6.92 Å². The van der Waals surface area contributed by atoms with Crippen molar-refractivity contribution in [3.8, 4) is 17.3 Å². The Morgan fingerprint density at radius 3 is 2.49 bits per heavy atom. The van der Waals surface area contributed by atoms with Gasteiger partial charge in [0.05, 0.1) is 17.2 Å². The van der Waals surface area contributed by atoms with Crippen molar-refractivity contribution in [3.05, 3.63) is 71.7 Å². The number of amides is 1. The molecule has 2 atom stereocenters. The predicted molar refractivity (Wildman–Crippen MR) is 115 cm³/mol. The third kappa shape index (κ3) is 5.39. The highest BCUT2D eigenvalue weighted by Gasteiger charge is 2.35. The average Bonchev–Trinajstić information content (AvgIpc) is 2.84. The van der Waals surface area contributed by atoms with Crippen molar-refractivity contribution in [2.75, 3.05) is 13.2 Å². The lowest BCUT2D eigenvalue weighted by Crippen LogP contribution is -2.50. The van der Waals surface area contributed by atoms with Crippen LogP contribution in [0.4, 0.5) is 22.0 Å². The number of carbonyl (C=O) groups excluding carboxylic acids is 1. The van der Waals surface area contributed by atoms with Gasteiger partial charge in [-0.25, -0.2) is 23.7 Å². The molecule has 184 valence electrons. The molecule has 1 aliphatic rings. The van der Waals surface area contributed by atoms with Crippen LogP contribution in [0.5, 0.6) is 5.88 Å². The SMILES string of the molecule is C[C@@H]1CCCN(C(=O)c2cc(F)c(F)cc2-c2ncccn2)[C@@H]1COc1ccc(C(F)(F)F)cn1. The molecule has 0 N–H and O–H groups in total. The molecule has 3 heterocycles. The Balaban J connectivity index is 1.60. The Bertz CT molecular complexity index is 1190. The highest BCUT2D eigenvalue weighted by atomic mass is 19.4. The van der Waals surface area contributed by atoms with Gasteiger partial charge in [-0.15, -0.1) is 0 Å². The highest BCUT2D eigenvalue weighted by molar-refractivity contribution is 6.00. The van der Waals surface area contributed by atoms with Crippen LogP contribution < -0.4 is 4.74 Å². The van der Waals surface area contributed by atoms with Gasteiger partial charge in [0.2, 0.25) is 5.88 Å². The molecule has 0 bridgehead atoms. The van der Waals surface area contributed by atoms with Crippen LogP contribution in [-0.2, 0) is 6.18 Å². The molecule has 6 nitrogen and oxygen atoms in total. The summed E-state index contributed by atoms with van der Waals surface area (Å²) in [7, 11) is 0. The zero-order valence-electron chi connectivity index (χ0n) is 18.6. The van der Waals surface area contributed by atoms with Gasteiger partial charge in [-0.05, 0) is 43.0 Å². The molecule has 1 aliphatic heterocycles. The first kappa shape index (κ1) is 24.5. The second-order valence-corrected chi connectivity index (χ2v) is 8.26. The largest absolute Gasteiger partial charge is 0.475 e. The standard InChI is InChI=1S/C24H21F5N4O2/c1-14-4-2-9-33(20(14)13-35-21-6-5-15(12-32-21)24(27,28)29)23(34)17-11-19(26)18(25)10-16(17)22-30-7-3-8-31-22/h3,5-8,10-12,14,20H,2,4,9,13H2,1H3/t14-,20-/m1/s1. The quantitative estimate of drug-likeness (QED) is 0.461. The maximum absolute atomic E-state index is 14.2. The Morgan fingerprint density at radius 2 is 1.83 bits per heavy atom. The zero-order chi connectivity index (χ0) is 25.2. The number of pyridine rings is 1. The molecule has 1 aromatic carbocycles. The number of hydrogen-bond acceptors (Lipinski definition) is 5. The zero-order valence-corrected chi connectivity index (χ0v) is 18.6. The molecule has 1 amide bonds. The molecule has 1 fully saturated rings. The normalized spacial score (nSPS) is 18.4. The van der Waals surface area contributed by atoms with E-state index in [-0.39, 0.29) is 35.4 Å². The van der Waals surface area contributed by atoms with Crippen molar-refractivity contribution in [2.45, 2.75) is 32.0 Å². The van der Waals surface area contributed by atoms with E-state index in [1.807, 2.05) is 6.92 Å². The summed E-state index contributed by atoms with van der Waals surface area (Å²) >= 11 is 0. The van der Waals surface area contributed by atoms with Gasteiger partial charge >= 0.3 is 6.18 Å². The lowest BCUT2D eigenvalue weighted by molar-refractivity contribution is -0.137. The number of carbonyl (C=O) groups is 1. The Labute approximate surface area is 197 Å². The molecule has 4 rings (SSSR count). The lowest BCUT2D eigenvalue weighted by atomic mass is 9.90. The van der Waals surface area contributed by atoms with Crippen molar-refractivity contribution in [1.29, 1.82) is 0 Å². The molecular weight excluding hydrogens is 471 g/mol. The molecule has 0 saturated carbocycles. The number of nitrogens with zero attached hydrogens (tertiary/aromatic N) is 4. The van der Waals surface area contributed by atoms with Crippen molar-refractivity contribution in [2.24, 2.45) is 5.92 Å². The number of ether oxygens (including phenoxy) is 1. The van der Waals surface area contributed by atoms with Crippen LogP contribution in [0.15, 0.2) is 48.9 Å². The first-order valence-corrected chi connectivity index (χ1v) is 10.9. The third-order valence-corrected chi connectivity index (χ3v) is 5.94. The molecule has 35 heavy (non-hydrogen) atoms. The molecule has 3 aromatic rings. The second-order valence-electron chi connectivity index (χ2n) is 8.26. The molecular formula is C24H21F5N4O2. The van der Waals surface area contributed by atoms with Crippen LogP contribution in [0.1, 0.15) is 35.7 Å². The second kappa shape index (κ2) is 9.93. The first-order chi connectivity index (χ1) is 16.6. The summed E-state index contributed by atoms with van der Waals surface area (Å²) in [6, 6.07) is 4.78. The van der Waals surface area contributed by atoms with Gasteiger partial charge in [-0.2, -0.15) is 13.2 Å². The molecule has 0 aliphatic carbocycles. The van der Waals surface area contributed by atoms with E-state index in [1.54, 1.807) is 6.07 Å². The summed E-state index contributed by atoms with van der Waals surface area (Å²) in [4.78, 5) is 26.9. The van der Waals surface area contributed by atoms with Crippen molar-refractivity contribution in [1.82, 2.24) is 19.9 Å². The van der Waals surface area contributed by atoms with Gasteiger partial charge in [0.1, 0.15) is 6.61 Å². The Morgan fingerprint density at radius 1 is 1.11 bits per heavy atom. The van der Waals surface area contributed by atoms with Crippen LogP contribution in [0.3, 0.4) is 0 Å². The van der Waals surface area contributed by atoms with E-state index < -0.39 is 35.3 Å². The molecule has 1 saturated heterocycles. The van der Waals surface area contributed by atoms with Crippen molar-refractivity contribution in [3.63, 3.8) is 0 Å². The minimum absolute atomic E-state index is 0.0191. The Kier molecular flexibility index (Phi) is 6.95. The van der Waals surface area contributed by atoms with E-state index in [9.17, 15) is 26.7 Å². The van der Waals surface area contributed by atoms with Gasteiger partial charge in [0.15, 0.2) is 17.5 Å². The monoisotopic (exact) mass is 492 g/mol. The average molecular weight is 492 g/mol. The summed E-state index contributed by atoms with van der Waals surface area (Å²) in [6.07, 6.45) is 0.476. The van der Waals surface area contributed by atoms with Crippen LogP contribution in [0.25, 0.3) is 11.4 Å². The number of hydrogen-bond donors (Lipinski definition) is 0. The van der Waals surface area contributed by atoms with Gasteiger partial charge in [0.25, 0.3) is 5.91 Å². The smallest absolute Gasteiger partial charge is 0.417 e. The summed E-state index contributed by atoms with van der Waals surface area (Å²) < 4.78 is 72.2. The minimum Gasteiger partial charge on any atom is -0.475 e. The van der Waals surface area contributed by atoms with E-state index in [0.29, 0.717) is 19.2 Å². The molecule has 0 spiro atoms. The summed E-state index contributed by atoms with van der Waals surface area (Å²) in [5.41, 5.74) is -0.944. The molecule has 2 aromatic heterocycles. The van der Waals surface area contributed by atoms with Gasteiger partial charge in [0, 0.05) is 36.8 Å².